The molecule has 1 aliphatic heterocycles. The number of nitrogens with one attached hydrogen (secondary N) is 1. The number of thiophene rings is 1. The van der Waals surface area contributed by atoms with Crippen molar-refractivity contribution < 1.29 is 31.5 Å². The molecule has 26 heavy (non-hydrogen) atoms. The highest BCUT2D eigenvalue weighted by atomic mass is 32.2. The third kappa shape index (κ3) is 2.92. The third-order valence-corrected chi connectivity index (χ3v) is 6.41. The maximum Gasteiger partial charge on any atom is 0.416 e. The number of amides is 1. The molecule has 0 atom stereocenters. The maximum absolute atomic E-state index is 12.8. The number of nitrogens with zero attached hydrogens (tertiary/aromatic N) is 1. The van der Waals surface area contributed by atoms with Crippen LogP contribution in [0.4, 0.5) is 24.5 Å². The summed E-state index contributed by atoms with van der Waals surface area (Å²) in [6, 6.07) is 5.21. The van der Waals surface area contributed by atoms with E-state index in [4.69, 9.17) is 0 Å². The van der Waals surface area contributed by atoms with Crippen LogP contribution in [0.15, 0.2) is 40.6 Å². The van der Waals surface area contributed by atoms with E-state index in [9.17, 15) is 31.5 Å². The number of benzene rings is 1. The molecule has 1 aromatic heterocycles. The molecule has 0 spiro atoms. The number of hydrogen-bond donors (Lipinski definition) is 2. The summed E-state index contributed by atoms with van der Waals surface area (Å²) in [5.41, 5.74) is -1.04. The van der Waals surface area contributed by atoms with E-state index in [2.05, 4.69) is 5.32 Å². The van der Waals surface area contributed by atoms with E-state index in [-0.39, 0.29) is 16.3 Å². The Hall–Kier alpha value is -2.53. The molecule has 2 heterocycles. The van der Waals surface area contributed by atoms with Crippen molar-refractivity contribution in [2.45, 2.75) is 6.18 Å². The van der Waals surface area contributed by atoms with Crippen LogP contribution in [-0.2, 0) is 21.0 Å². The average Bonchev–Trinajstić information content (AvgIpc) is 3.02. The predicted octanol–water partition coefficient (Wildman–Crippen LogP) is 3.41. The van der Waals surface area contributed by atoms with Crippen molar-refractivity contribution in [3.63, 3.8) is 0 Å². The number of hydrogen-bond acceptors (Lipinski definition) is 5. The minimum Gasteiger partial charge on any atom is -0.505 e. The molecule has 1 amide bonds. The van der Waals surface area contributed by atoms with E-state index in [0.717, 1.165) is 27.8 Å². The lowest BCUT2D eigenvalue weighted by Crippen LogP contribution is -2.36. The average molecular weight is 404 g/mol. The van der Waals surface area contributed by atoms with Gasteiger partial charge in [-0.3, -0.25) is 9.10 Å². The Bertz CT molecular complexity index is 1030. The number of alkyl halides is 3. The van der Waals surface area contributed by atoms with E-state index in [1.54, 1.807) is 5.38 Å². The monoisotopic (exact) mass is 404 g/mol. The highest BCUT2D eigenvalue weighted by Crippen LogP contribution is 2.41. The van der Waals surface area contributed by atoms with Gasteiger partial charge in [-0.05, 0) is 29.6 Å². The Morgan fingerprint density at radius 3 is 2.62 bits per heavy atom. The van der Waals surface area contributed by atoms with Crippen LogP contribution in [-0.4, -0.2) is 26.5 Å². The van der Waals surface area contributed by atoms with Crippen LogP contribution in [0.5, 0.6) is 0 Å². The number of carbonyl (C=O) groups excluding carboxylic acids is 1. The molecule has 0 aliphatic carbocycles. The lowest BCUT2D eigenvalue weighted by molar-refractivity contribution is -0.137. The standard InChI is InChI=1S/C15H11F3N2O4S2/c1-20-10-5-6-25-12(10)11(21)13(26(20,23)24)14(22)19-9-4-2-3-8(7-9)15(16,17)18/h2-7,21H,1H3,(H,19,22). The topological polar surface area (TPSA) is 86.7 Å². The van der Waals surface area contributed by atoms with Crippen molar-refractivity contribution in [2.24, 2.45) is 0 Å². The molecule has 0 unspecified atom stereocenters. The Balaban J connectivity index is 2.02. The normalized spacial score (nSPS) is 16.4. The highest BCUT2D eigenvalue weighted by molar-refractivity contribution is 7.97. The fourth-order valence-corrected chi connectivity index (χ4v) is 4.72. The predicted molar refractivity (Wildman–Crippen MR) is 91.3 cm³/mol. The molecule has 2 N–H and O–H groups in total. The fourth-order valence-electron chi connectivity index (χ4n) is 2.41. The number of aliphatic hydroxyl groups is 1. The summed E-state index contributed by atoms with van der Waals surface area (Å²) in [4.78, 5) is 11.7. The van der Waals surface area contributed by atoms with Gasteiger partial charge in [-0.1, -0.05) is 6.07 Å². The zero-order chi connectivity index (χ0) is 19.3. The van der Waals surface area contributed by atoms with Crippen molar-refractivity contribution in [3.8, 4) is 0 Å². The summed E-state index contributed by atoms with van der Waals surface area (Å²) in [7, 11) is -3.14. The molecule has 6 nitrogen and oxygen atoms in total. The van der Waals surface area contributed by atoms with E-state index >= 15 is 0 Å². The number of carbonyl (C=O) groups is 1. The molecule has 0 radical (unpaired) electrons. The molecule has 0 saturated heterocycles. The number of halogens is 3. The molecule has 1 aliphatic rings. The molecular weight excluding hydrogens is 393 g/mol. The molecule has 1 aromatic carbocycles. The van der Waals surface area contributed by atoms with Gasteiger partial charge < -0.3 is 10.4 Å². The Kier molecular flexibility index (Phi) is 4.23. The molecule has 3 rings (SSSR count). The smallest absolute Gasteiger partial charge is 0.416 e. The molecule has 0 fully saturated rings. The fraction of sp³-hybridized carbons (Fsp3) is 0.133. The number of aliphatic hydroxyl groups excluding tert-OH is 1. The van der Waals surface area contributed by atoms with Gasteiger partial charge in [0.1, 0.15) is 0 Å². The van der Waals surface area contributed by atoms with Crippen molar-refractivity contribution in [2.75, 3.05) is 16.7 Å². The summed E-state index contributed by atoms with van der Waals surface area (Å²) in [5, 5.41) is 13.9. The lowest BCUT2D eigenvalue weighted by Gasteiger charge is -2.26. The molecule has 11 heteroatoms. The Morgan fingerprint density at radius 2 is 1.96 bits per heavy atom. The van der Waals surface area contributed by atoms with Gasteiger partial charge in [0.2, 0.25) is 0 Å². The summed E-state index contributed by atoms with van der Waals surface area (Å²) in [5.74, 6) is -1.97. The number of anilines is 2. The van der Waals surface area contributed by atoms with Gasteiger partial charge in [-0.2, -0.15) is 13.2 Å². The SMILES string of the molecule is CN1c2ccsc2C(O)=C(C(=O)Nc2cccc(C(F)(F)F)c2)S1(=O)=O. The largest absolute Gasteiger partial charge is 0.505 e. The van der Waals surface area contributed by atoms with Crippen molar-refractivity contribution in [1.29, 1.82) is 0 Å². The van der Waals surface area contributed by atoms with Crippen molar-refractivity contribution in [1.82, 2.24) is 0 Å². The second kappa shape index (κ2) is 6.02. The van der Waals surface area contributed by atoms with Gasteiger partial charge in [0, 0.05) is 12.7 Å². The third-order valence-electron chi connectivity index (χ3n) is 3.69. The second-order valence-corrected chi connectivity index (χ2v) is 8.14. The van der Waals surface area contributed by atoms with Gasteiger partial charge in [0.15, 0.2) is 10.7 Å². The van der Waals surface area contributed by atoms with Crippen LogP contribution >= 0.6 is 11.3 Å². The van der Waals surface area contributed by atoms with Gasteiger partial charge in [-0.15, -0.1) is 11.3 Å². The zero-order valence-corrected chi connectivity index (χ0v) is 14.7. The molecule has 0 bridgehead atoms. The van der Waals surface area contributed by atoms with Crippen LogP contribution in [0.2, 0.25) is 0 Å². The summed E-state index contributed by atoms with van der Waals surface area (Å²) in [6.07, 6.45) is -4.62. The quantitative estimate of drug-likeness (QED) is 0.803. The first kappa shape index (κ1) is 18.3. The second-order valence-electron chi connectivity index (χ2n) is 5.32. The maximum atomic E-state index is 12.8. The number of rotatable bonds is 2. The van der Waals surface area contributed by atoms with Crippen LogP contribution < -0.4 is 9.62 Å². The summed E-state index contributed by atoms with van der Waals surface area (Å²) in [6.45, 7) is 0. The van der Waals surface area contributed by atoms with Crippen molar-refractivity contribution >= 4 is 44.4 Å². The zero-order valence-electron chi connectivity index (χ0n) is 13.0. The minimum atomic E-state index is -4.62. The van der Waals surface area contributed by atoms with E-state index < -0.39 is 38.3 Å². The first-order valence-electron chi connectivity index (χ1n) is 7.02. The van der Waals surface area contributed by atoms with Crippen LogP contribution in [0.3, 0.4) is 0 Å². The van der Waals surface area contributed by atoms with Gasteiger partial charge >= 0.3 is 6.18 Å². The van der Waals surface area contributed by atoms with E-state index in [1.807, 2.05) is 0 Å². The van der Waals surface area contributed by atoms with E-state index in [1.165, 1.54) is 19.2 Å². The molecule has 0 saturated carbocycles. The lowest BCUT2D eigenvalue weighted by atomic mass is 10.2. The van der Waals surface area contributed by atoms with Crippen LogP contribution in [0.1, 0.15) is 10.4 Å². The van der Waals surface area contributed by atoms with Gasteiger partial charge in [-0.25, -0.2) is 8.42 Å². The summed E-state index contributed by atoms with van der Waals surface area (Å²) >= 11 is 1.03. The van der Waals surface area contributed by atoms with Crippen molar-refractivity contribution in [3.05, 3.63) is 51.1 Å². The number of sulfonamides is 1. The molecule has 138 valence electrons. The number of fused-ring (bicyclic) bond motifs is 1. The van der Waals surface area contributed by atoms with E-state index in [0.29, 0.717) is 6.07 Å². The minimum absolute atomic E-state index is 0.177. The molecule has 2 aromatic rings. The molecular formula is C15H11F3N2O4S2. The summed E-state index contributed by atoms with van der Waals surface area (Å²) < 4.78 is 64.1. The first-order chi connectivity index (χ1) is 12.0. The van der Waals surface area contributed by atoms with Gasteiger partial charge in [0.25, 0.3) is 15.9 Å². The van der Waals surface area contributed by atoms with Gasteiger partial charge in [0.05, 0.1) is 16.1 Å². The van der Waals surface area contributed by atoms with Crippen LogP contribution in [0.25, 0.3) is 5.76 Å². The Morgan fingerprint density at radius 1 is 1.27 bits per heavy atom. The highest BCUT2D eigenvalue weighted by Gasteiger charge is 2.40. The first-order valence-corrected chi connectivity index (χ1v) is 9.34. The Labute approximate surface area is 150 Å². The van der Waals surface area contributed by atoms with Crippen LogP contribution in [0, 0.1) is 0 Å².